The highest BCUT2D eigenvalue weighted by Crippen LogP contribution is 2.42. The van der Waals surface area contributed by atoms with Gasteiger partial charge >= 0.3 is 0 Å². The molecule has 0 spiro atoms. The second-order valence-corrected chi connectivity index (χ2v) is 8.27. The third kappa shape index (κ3) is 4.28. The number of hydroxylamine groups is 2. The largest absolute Gasteiger partial charge is 0.491 e. The molecule has 7 heteroatoms. The molecule has 5 nitrogen and oxygen atoms in total. The van der Waals surface area contributed by atoms with E-state index in [0.29, 0.717) is 18.2 Å². The molecule has 0 amide bonds. The average molecular weight is 432 g/mol. The van der Waals surface area contributed by atoms with Crippen LogP contribution < -0.4 is 4.74 Å². The molecule has 152 valence electrons. The molecule has 1 aromatic heterocycles. The molecule has 4 rings (SSSR count). The summed E-state index contributed by atoms with van der Waals surface area (Å²) in [6, 6.07) is 13.5. The number of aromatic nitrogens is 2. The van der Waals surface area contributed by atoms with E-state index >= 15 is 0 Å². The van der Waals surface area contributed by atoms with Crippen molar-refractivity contribution in [2.24, 2.45) is 0 Å². The molecule has 1 saturated heterocycles. The van der Waals surface area contributed by atoms with Gasteiger partial charge in [0.05, 0.1) is 11.9 Å². The summed E-state index contributed by atoms with van der Waals surface area (Å²) in [5.41, 5.74) is 1.84. The molecule has 0 N–H and O–H groups in total. The van der Waals surface area contributed by atoms with Crippen molar-refractivity contribution in [3.05, 3.63) is 82.4 Å². The zero-order chi connectivity index (χ0) is 20.4. The molecule has 2 atom stereocenters. The molecule has 0 aliphatic carbocycles. The van der Waals surface area contributed by atoms with Gasteiger partial charge in [-0.3, -0.25) is 4.84 Å². The molecule has 2 unspecified atom stereocenters. The van der Waals surface area contributed by atoms with Crippen molar-refractivity contribution < 1.29 is 9.57 Å². The first-order chi connectivity index (χ1) is 14.0. The van der Waals surface area contributed by atoms with Crippen LogP contribution in [0.25, 0.3) is 0 Å². The predicted octanol–water partition coefficient (Wildman–Crippen LogP) is 5.11. The molecule has 0 radical (unpaired) electrons. The number of halogens is 2. The Morgan fingerprint density at radius 3 is 2.69 bits per heavy atom. The van der Waals surface area contributed by atoms with Gasteiger partial charge in [0.15, 0.2) is 0 Å². The number of imidazole rings is 1. The van der Waals surface area contributed by atoms with Gasteiger partial charge in [-0.2, -0.15) is 5.06 Å². The van der Waals surface area contributed by atoms with E-state index in [4.69, 9.17) is 32.8 Å². The van der Waals surface area contributed by atoms with E-state index in [1.54, 1.807) is 6.20 Å². The van der Waals surface area contributed by atoms with Crippen molar-refractivity contribution in [3.8, 4) is 5.75 Å². The van der Waals surface area contributed by atoms with Gasteiger partial charge in [-0.25, -0.2) is 4.98 Å². The van der Waals surface area contributed by atoms with Crippen molar-refractivity contribution in [1.29, 1.82) is 0 Å². The van der Waals surface area contributed by atoms with E-state index in [9.17, 15) is 0 Å². The topological polar surface area (TPSA) is 39.5 Å². The van der Waals surface area contributed by atoms with Crippen LogP contribution in [0.4, 0.5) is 0 Å². The normalized spacial score (nSPS) is 22.1. The summed E-state index contributed by atoms with van der Waals surface area (Å²) in [6.07, 6.45) is 6.27. The van der Waals surface area contributed by atoms with Crippen LogP contribution in [0.2, 0.25) is 10.0 Å². The number of nitrogens with zero attached hydrogens (tertiary/aromatic N) is 3. The van der Waals surface area contributed by atoms with E-state index in [0.717, 1.165) is 28.3 Å². The first kappa shape index (κ1) is 20.2. The van der Waals surface area contributed by atoms with Crippen LogP contribution in [-0.2, 0) is 16.9 Å². The second-order valence-electron chi connectivity index (χ2n) is 7.42. The van der Waals surface area contributed by atoms with Crippen LogP contribution in [0.5, 0.6) is 5.75 Å². The minimum absolute atomic E-state index is 0.0878. The molecule has 29 heavy (non-hydrogen) atoms. The summed E-state index contributed by atoms with van der Waals surface area (Å²) < 4.78 is 8.03. The van der Waals surface area contributed by atoms with Gasteiger partial charge in [0.25, 0.3) is 0 Å². The summed E-state index contributed by atoms with van der Waals surface area (Å²) >= 11 is 12.2. The van der Waals surface area contributed by atoms with E-state index in [1.807, 2.05) is 61.9 Å². The third-order valence-electron chi connectivity index (χ3n) is 5.42. The van der Waals surface area contributed by atoms with Crippen LogP contribution in [-0.4, -0.2) is 34.4 Å². The number of ether oxygens (including phenoxy) is 1. The molecular weight excluding hydrogens is 409 g/mol. The highest BCUT2D eigenvalue weighted by Gasteiger charge is 2.47. The Morgan fingerprint density at radius 2 is 2.00 bits per heavy atom. The highest BCUT2D eigenvalue weighted by molar-refractivity contribution is 6.31. The fraction of sp³-hybridized carbons (Fsp3) is 0.318. The van der Waals surface area contributed by atoms with E-state index in [1.165, 1.54) is 0 Å². The lowest BCUT2D eigenvalue weighted by Crippen LogP contribution is -2.41. The number of benzene rings is 2. The SMILES string of the molecule is Cc1cc(C2(Cn3ccnc3)CC(COc3ccc(Cl)cc3)ON2C)ccc1Cl. The number of likely N-dealkylation sites (N-methyl/N-ethyl adjacent to an activating group) is 1. The Bertz CT molecular complexity index is 963. The molecule has 3 aromatic rings. The molecule has 0 saturated carbocycles. The van der Waals surface area contributed by atoms with Crippen LogP contribution in [0.15, 0.2) is 61.2 Å². The lowest BCUT2D eigenvalue weighted by atomic mass is 9.84. The smallest absolute Gasteiger partial charge is 0.119 e. The summed E-state index contributed by atoms with van der Waals surface area (Å²) in [6.45, 7) is 3.18. The number of aryl methyl sites for hydroxylation is 1. The van der Waals surface area contributed by atoms with E-state index in [-0.39, 0.29) is 11.6 Å². The quantitative estimate of drug-likeness (QED) is 0.543. The molecule has 1 aliphatic rings. The molecule has 2 heterocycles. The lowest BCUT2D eigenvalue weighted by Gasteiger charge is -2.35. The number of hydrogen-bond donors (Lipinski definition) is 0. The summed E-state index contributed by atoms with van der Waals surface area (Å²) in [7, 11) is 1.98. The van der Waals surface area contributed by atoms with Gasteiger partial charge in [-0.05, 0) is 48.4 Å². The summed E-state index contributed by atoms with van der Waals surface area (Å²) in [5.74, 6) is 0.773. The minimum Gasteiger partial charge on any atom is -0.491 e. The van der Waals surface area contributed by atoms with Gasteiger partial charge in [0, 0.05) is 42.5 Å². The van der Waals surface area contributed by atoms with Gasteiger partial charge < -0.3 is 9.30 Å². The van der Waals surface area contributed by atoms with Crippen LogP contribution in [0, 0.1) is 6.92 Å². The van der Waals surface area contributed by atoms with Crippen molar-refractivity contribution in [1.82, 2.24) is 14.6 Å². The zero-order valence-corrected chi connectivity index (χ0v) is 17.9. The van der Waals surface area contributed by atoms with E-state index < -0.39 is 0 Å². The Kier molecular flexibility index (Phi) is 5.83. The third-order valence-corrected chi connectivity index (χ3v) is 6.10. The molecule has 1 aliphatic heterocycles. The molecule has 0 bridgehead atoms. The van der Waals surface area contributed by atoms with Crippen LogP contribution >= 0.6 is 23.2 Å². The Hall–Kier alpha value is -2.05. The first-order valence-electron chi connectivity index (χ1n) is 9.48. The van der Waals surface area contributed by atoms with E-state index in [2.05, 4.69) is 21.7 Å². The number of hydrogen-bond acceptors (Lipinski definition) is 4. The monoisotopic (exact) mass is 431 g/mol. The Morgan fingerprint density at radius 1 is 1.21 bits per heavy atom. The highest BCUT2D eigenvalue weighted by atomic mass is 35.5. The maximum absolute atomic E-state index is 6.28. The lowest BCUT2D eigenvalue weighted by molar-refractivity contribution is -0.179. The Balaban J connectivity index is 1.58. The fourth-order valence-electron chi connectivity index (χ4n) is 3.85. The molecule has 1 fully saturated rings. The first-order valence-corrected chi connectivity index (χ1v) is 10.2. The van der Waals surface area contributed by atoms with Gasteiger partial charge in [0.1, 0.15) is 18.5 Å². The second kappa shape index (κ2) is 8.36. The summed E-state index contributed by atoms with van der Waals surface area (Å²) in [5, 5.41) is 3.40. The summed E-state index contributed by atoms with van der Waals surface area (Å²) in [4.78, 5) is 10.4. The van der Waals surface area contributed by atoms with Crippen molar-refractivity contribution in [3.63, 3.8) is 0 Å². The van der Waals surface area contributed by atoms with Crippen molar-refractivity contribution in [2.75, 3.05) is 13.7 Å². The Labute approximate surface area is 180 Å². The fourth-order valence-corrected chi connectivity index (χ4v) is 4.09. The molecular formula is C22H23Cl2N3O2. The maximum atomic E-state index is 6.28. The van der Waals surface area contributed by atoms with Crippen molar-refractivity contribution in [2.45, 2.75) is 31.5 Å². The standard InChI is InChI=1S/C22H23Cl2N3O2/c1-16-11-17(3-8-21(16)24)22(14-27-10-9-25-15-27)12-20(29-26(22)2)13-28-19-6-4-18(23)5-7-19/h3-11,15,20H,12-14H2,1-2H3. The van der Waals surface area contributed by atoms with Gasteiger partial charge in [0.2, 0.25) is 0 Å². The number of rotatable bonds is 6. The average Bonchev–Trinajstić information content (AvgIpc) is 3.32. The van der Waals surface area contributed by atoms with Crippen molar-refractivity contribution >= 4 is 23.2 Å². The zero-order valence-electron chi connectivity index (χ0n) is 16.4. The minimum atomic E-state index is -0.357. The molecule has 2 aromatic carbocycles. The van der Waals surface area contributed by atoms with Crippen LogP contribution in [0.3, 0.4) is 0 Å². The maximum Gasteiger partial charge on any atom is 0.119 e. The van der Waals surface area contributed by atoms with Gasteiger partial charge in [-0.1, -0.05) is 35.3 Å². The predicted molar refractivity (Wildman–Crippen MR) is 114 cm³/mol. The van der Waals surface area contributed by atoms with Crippen LogP contribution in [0.1, 0.15) is 17.5 Å². The van der Waals surface area contributed by atoms with Gasteiger partial charge in [-0.15, -0.1) is 0 Å².